The number of rotatable bonds is 12. The van der Waals surface area contributed by atoms with Gasteiger partial charge in [0.05, 0.1) is 13.2 Å². The van der Waals surface area contributed by atoms with E-state index in [0.717, 1.165) is 43.1 Å². The van der Waals surface area contributed by atoms with Gasteiger partial charge in [0, 0.05) is 5.56 Å². The summed E-state index contributed by atoms with van der Waals surface area (Å²) in [5.74, 6) is 1.87. The molecule has 0 amide bonds. The van der Waals surface area contributed by atoms with Crippen molar-refractivity contribution in [3.8, 4) is 11.5 Å². The van der Waals surface area contributed by atoms with Crippen LogP contribution in [0.25, 0.3) is 0 Å². The van der Waals surface area contributed by atoms with Gasteiger partial charge in [-0.05, 0) is 49.2 Å². The molecule has 0 radical (unpaired) electrons. The molecular weight excluding hydrogens is 348 g/mol. The number of nitrogens with one attached hydrogen (secondary N) is 1. The van der Waals surface area contributed by atoms with Gasteiger partial charge < -0.3 is 15.2 Å². The Morgan fingerprint density at radius 3 is 1.65 bits per heavy atom. The van der Waals surface area contributed by atoms with Gasteiger partial charge in [-0.15, -0.1) is 12.4 Å². The molecule has 0 atom stereocenters. The monoisotopic (exact) mass is 376 g/mol. The second-order valence-electron chi connectivity index (χ2n) is 6.07. The molecule has 26 heavy (non-hydrogen) atoms. The van der Waals surface area contributed by atoms with Crippen LogP contribution in [0, 0.1) is 5.41 Å². The predicted octanol–water partition coefficient (Wildman–Crippen LogP) is 5.19. The largest absolute Gasteiger partial charge is 0.494 e. The van der Waals surface area contributed by atoms with E-state index in [4.69, 9.17) is 20.6 Å². The van der Waals surface area contributed by atoms with Crippen molar-refractivity contribution in [3.63, 3.8) is 0 Å². The van der Waals surface area contributed by atoms with Crippen LogP contribution in [0.2, 0.25) is 0 Å². The SMILES string of the molecule is Cl.N=C(N)c1ccc(OCCCCCCCCOc2ccccc2)cc1. The van der Waals surface area contributed by atoms with Crippen LogP contribution < -0.4 is 15.2 Å². The Morgan fingerprint density at radius 1 is 0.692 bits per heavy atom. The van der Waals surface area contributed by atoms with Crippen LogP contribution in [-0.2, 0) is 0 Å². The number of benzene rings is 2. The Morgan fingerprint density at radius 2 is 1.15 bits per heavy atom. The van der Waals surface area contributed by atoms with Crippen molar-refractivity contribution < 1.29 is 9.47 Å². The summed E-state index contributed by atoms with van der Waals surface area (Å²) >= 11 is 0. The zero-order chi connectivity index (χ0) is 17.7. The smallest absolute Gasteiger partial charge is 0.122 e. The van der Waals surface area contributed by atoms with E-state index in [0.29, 0.717) is 0 Å². The minimum Gasteiger partial charge on any atom is -0.494 e. The lowest BCUT2D eigenvalue weighted by Crippen LogP contribution is -2.10. The lowest BCUT2D eigenvalue weighted by Gasteiger charge is -2.07. The van der Waals surface area contributed by atoms with E-state index >= 15 is 0 Å². The van der Waals surface area contributed by atoms with Crippen LogP contribution in [-0.4, -0.2) is 19.0 Å². The Kier molecular flexibility index (Phi) is 11.0. The molecule has 0 heterocycles. The van der Waals surface area contributed by atoms with E-state index in [2.05, 4.69) is 0 Å². The molecule has 142 valence electrons. The summed E-state index contributed by atoms with van der Waals surface area (Å²) in [7, 11) is 0. The quantitative estimate of drug-likeness (QED) is 0.304. The molecule has 2 rings (SSSR count). The first-order valence-electron chi connectivity index (χ1n) is 9.01. The van der Waals surface area contributed by atoms with Crippen molar-refractivity contribution in [2.24, 2.45) is 5.73 Å². The molecule has 0 aliphatic rings. The van der Waals surface area contributed by atoms with E-state index in [9.17, 15) is 0 Å². The maximum atomic E-state index is 7.35. The number of hydrogen-bond acceptors (Lipinski definition) is 3. The highest BCUT2D eigenvalue weighted by Gasteiger charge is 1.98. The number of ether oxygens (including phenoxy) is 2. The number of nitrogens with two attached hydrogens (primary N) is 1. The van der Waals surface area contributed by atoms with Crippen molar-refractivity contribution in [3.05, 3.63) is 60.2 Å². The highest BCUT2D eigenvalue weighted by Crippen LogP contribution is 2.13. The second kappa shape index (κ2) is 13.1. The molecule has 0 aliphatic heterocycles. The maximum Gasteiger partial charge on any atom is 0.122 e. The molecule has 0 aromatic heterocycles. The average molecular weight is 377 g/mol. The van der Waals surface area contributed by atoms with Gasteiger partial charge >= 0.3 is 0 Å². The number of halogens is 1. The van der Waals surface area contributed by atoms with Crippen molar-refractivity contribution in [1.82, 2.24) is 0 Å². The maximum absolute atomic E-state index is 7.35. The Balaban J connectivity index is 0.00000338. The minimum atomic E-state index is 0. The molecule has 2 aromatic carbocycles. The topological polar surface area (TPSA) is 68.3 Å². The van der Waals surface area contributed by atoms with Gasteiger partial charge in [0.1, 0.15) is 17.3 Å². The van der Waals surface area contributed by atoms with Gasteiger partial charge in [0.15, 0.2) is 0 Å². The third-order valence-electron chi connectivity index (χ3n) is 3.98. The van der Waals surface area contributed by atoms with Gasteiger partial charge in [-0.3, -0.25) is 5.41 Å². The number of para-hydroxylation sites is 1. The van der Waals surface area contributed by atoms with Crippen molar-refractivity contribution in [2.75, 3.05) is 13.2 Å². The molecule has 3 N–H and O–H groups in total. The summed E-state index contributed by atoms with van der Waals surface area (Å²) in [4.78, 5) is 0. The predicted molar refractivity (Wildman–Crippen MR) is 110 cm³/mol. The first-order chi connectivity index (χ1) is 12.3. The first-order valence-corrected chi connectivity index (χ1v) is 9.01. The lowest BCUT2D eigenvalue weighted by molar-refractivity contribution is 0.297. The molecule has 0 fully saturated rings. The van der Waals surface area contributed by atoms with Crippen LogP contribution in [0.15, 0.2) is 54.6 Å². The second-order valence-corrected chi connectivity index (χ2v) is 6.07. The zero-order valence-electron chi connectivity index (χ0n) is 15.2. The number of unbranched alkanes of at least 4 members (excludes halogenated alkanes) is 5. The Bertz CT molecular complexity index is 618. The van der Waals surface area contributed by atoms with Crippen LogP contribution in [0.3, 0.4) is 0 Å². The van der Waals surface area contributed by atoms with Crippen molar-refractivity contribution in [1.29, 1.82) is 5.41 Å². The van der Waals surface area contributed by atoms with Gasteiger partial charge in [0.25, 0.3) is 0 Å². The van der Waals surface area contributed by atoms with Crippen LogP contribution in [0.5, 0.6) is 11.5 Å². The lowest BCUT2D eigenvalue weighted by atomic mass is 10.1. The standard InChI is InChI=1S/C21H28N2O2.ClH/c22-21(23)18-12-14-20(15-13-18)25-17-9-4-2-1-3-8-16-24-19-10-6-5-7-11-19;/h5-7,10-15H,1-4,8-9,16-17H2,(H3,22,23);1H. The average Bonchev–Trinajstić information content (AvgIpc) is 2.64. The third kappa shape index (κ3) is 8.77. The Labute approximate surface area is 162 Å². The van der Waals surface area contributed by atoms with E-state index in [1.165, 1.54) is 25.7 Å². The van der Waals surface area contributed by atoms with E-state index in [1.807, 2.05) is 54.6 Å². The van der Waals surface area contributed by atoms with Crippen LogP contribution in [0.1, 0.15) is 44.1 Å². The number of nitrogen functional groups attached to an aromatic ring is 1. The molecule has 0 spiro atoms. The fourth-order valence-electron chi connectivity index (χ4n) is 2.54. The summed E-state index contributed by atoms with van der Waals surface area (Å²) in [5, 5.41) is 7.35. The zero-order valence-corrected chi connectivity index (χ0v) is 16.0. The van der Waals surface area contributed by atoms with E-state index < -0.39 is 0 Å². The van der Waals surface area contributed by atoms with Crippen molar-refractivity contribution >= 4 is 18.2 Å². The van der Waals surface area contributed by atoms with Gasteiger partial charge in [-0.1, -0.05) is 43.9 Å². The fourth-order valence-corrected chi connectivity index (χ4v) is 2.54. The third-order valence-corrected chi connectivity index (χ3v) is 3.98. The minimum absolute atomic E-state index is 0. The molecule has 4 nitrogen and oxygen atoms in total. The van der Waals surface area contributed by atoms with Gasteiger partial charge in [0.2, 0.25) is 0 Å². The molecule has 0 aliphatic carbocycles. The number of hydrogen-bond donors (Lipinski definition) is 2. The Hall–Kier alpha value is -2.20. The first kappa shape index (κ1) is 21.8. The van der Waals surface area contributed by atoms with Crippen LogP contribution in [0.4, 0.5) is 0 Å². The molecule has 0 saturated carbocycles. The summed E-state index contributed by atoms with van der Waals surface area (Å²) in [6.07, 6.45) is 7.04. The molecule has 0 saturated heterocycles. The summed E-state index contributed by atoms with van der Waals surface area (Å²) in [5.41, 5.74) is 6.15. The van der Waals surface area contributed by atoms with Gasteiger partial charge in [-0.25, -0.2) is 0 Å². The molecule has 0 unspecified atom stereocenters. The van der Waals surface area contributed by atoms with Crippen LogP contribution >= 0.6 is 12.4 Å². The van der Waals surface area contributed by atoms with E-state index in [1.54, 1.807) is 0 Å². The highest BCUT2D eigenvalue weighted by molar-refractivity contribution is 5.94. The normalized spacial score (nSPS) is 10.0. The van der Waals surface area contributed by atoms with E-state index in [-0.39, 0.29) is 18.2 Å². The molecule has 2 aromatic rings. The summed E-state index contributed by atoms with van der Waals surface area (Å²) in [6, 6.07) is 17.3. The van der Waals surface area contributed by atoms with Crippen molar-refractivity contribution in [2.45, 2.75) is 38.5 Å². The van der Waals surface area contributed by atoms with Gasteiger partial charge in [-0.2, -0.15) is 0 Å². The fraction of sp³-hybridized carbons (Fsp3) is 0.381. The molecule has 5 heteroatoms. The summed E-state index contributed by atoms with van der Waals surface area (Å²) in [6.45, 7) is 1.53. The number of amidine groups is 1. The summed E-state index contributed by atoms with van der Waals surface area (Å²) < 4.78 is 11.4. The molecule has 0 bridgehead atoms. The highest BCUT2D eigenvalue weighted by atomic mass is 35.5. The molecular formula is C21H29ClN2O2.